The van der Waals surface area contributed by atoms with E-state index in [0.717, 1.165) is 47.5 Å². The summed E-state index contributed by atoms with van der Waals surface area (Å²) in [6, 6.07) is 16.4. The summed E-state index contributed by atoms with van der Waals surface area (Å²) in [6.07, 6.45) is 1.36. The molecule has 7 heteroatoms. The van der Waals surface area contributed by atoms with E-state index < -0.39 is 0 Å². The highest BCUT2D eigenvalue weighted by atomic mass is 32.1. The van der Waals surface area contributed by atoms with E-state index in [1.807, 2.05) is 28.5 Å². The summed E-state index contributed by atoms with van der Waals surface area (Å²) in [5.74, 6) is 0.998. The van der Waals surface area contributed by atoms with Gasteiger partial charge in [0.2, 0.25) is 5.91 Å². The van der Waals surface area contributed by atoms with Crippen LogP contribution in [0.5, 0.6) is 5.75 Å². The summed E-state index contributed by atoms with van der Waals surface area (Å²) in [6.45, 7) is 5.14. The number of piperazine rings is 1. The van der Waals surface area contributed by atoms with Gasteiger partial charge in [0.15, 0.2) is 5.13 Å². The lowest BCUT2D eigenvalue weighted by atomic mass is 10.1. The van der Waals surface area contributed by atoms with Crippen LogP contribution in [0.3, 0.4) is 0 Å². The van der Waals surface area contributed by atoms with Crippen LogP contribution in [0.15, 0.2) is 53.9 Å². The molecule has 4 rings (SSSR count). The first-order chi connectivity index (χ1) is 15.2. The Hall–Kier alpha value is -3.06. The normalized spacial score (nSPS) is 13.9. The Kier molecular flexibility index (Phi) is 6.72. The molecule has 1 amide bonds. The average molecular weight is 437 g/mol. The predicted octanol–water partition coefficient (Wildman–Crippen LogP) is 4.35. The fourth-order valence-corrected chi connectivity index (χ4v) is 4.48. The third-order valence-electron chi connectivity index (χ3n) is 5.56. The summed E-state index contributed by atoms with van der Waals surface area (Å²) in [5.41, 5.74) is 4.22. The van der Waals surface area contributed by atoms with Crippen LogP contribution in [0.2, 0.25) is 0 Å². The van der Waals surface area contributed by atoms with Crippen LogP contribution in [0, 0.1) is 0 Å². The van der Waals surface area contributed by atoms with Crippen LogP contribution in [0.1, 0.15) is 18.2 Å². The molecule has 1 saturated heterocycles. The van der Waals surface area contributed by atoms with Gasteiger partial charge in [0.25, 0.3) is 0 Å². The van der Waals surface area contributed by atoms with E-state index in [1.165, 1.54) is 16.9 Å². The van der Waals surface area contributed by atoms with Gasteiger partial charge in [-0.1, -0.05) is 31.2 Å². The smallest absolute Gasteiger partial charge is 0.228 e. The second-order valence-electron chi connectivity index (χ2n) is 7.54. The molecule has 1 aliphatic rings. The van der Waals surface area contributed by atoms with Gasteiger partial charge < -0.3 is 19.9 Å². The van der Waals surface area contributed by atoms with Crippen molar-refractivity contribution in [3.8, 4) is 5.75 Å². The minimum atomic E-state index is 0.129. The number of para-hydroxylation sites is 2. The number of anilines is 3. The predicted molar refractivity (Wildman–Crippen MR) is 127 cm³/mol. The lowest BCUT2D eigenvalue weighted by Crippen LogP contribution is -2.49. The Bertz CT molecular complexity index is 1010. The Morgan fingerprint density at radius 3 is 2.55 bits per heavy atom. The quantitative estimate of drug-likeness (QED) is 0.597. The van der Waals surface area contributed by atoms with Gasteiger partial charge in [0.05, 0.1) is 24.9 Å². The van der Waals surface area contributed by atoms with Gasteiger partial charge >= 0.3 is 0 Å². The molecule has 2 heterocycles. The molecule has 1 N–H and O–H groups in total. The number of hydrogen-bond acceptors (Lipinski definition) is 6. The molecule has 0 bridgehead atoms. The maximum Gasteiger partial charge on any atom is 0.228 e. The number of methoxy groups -OCH3 is 1. The van der Waals surface area contributed by atoms with Gasteiger partial charge in [-0.15, -0.1) is 11.3 Å². The summed E-state index contributed by atoms with van der Waals surface area (Å²) >= 11 is 1.53. The minimum absolute atomic E-state index is 0.129. The molecule has 0 saturated carbocycles. The fourth-order valence-electron chi connectivity index (χ4n) is 3.75. The van der Waals surface area contributed by atoms with E-state index in [2.05, 4.69) is 52.5 Å². The van der Waals surface area contributed by atoms with E-state index in [4.69, 9.17) is 4.74 Å². The molecule has 0 atom stereocenters. The maximum absolute atomic E-state index is 12.8. The molecule has 6 nitrogen and oxygen atoms in total. The lowest BCUT2D eigenvalue weighted by molar-refractivity contribution is -0.130. The van der Waals surface area contributed by atoms with Crippen molar-refractivity contribution in [2.45, 2.75) is 19.8 Å². The number of rotatable bonds is 7. The summed E-state index contributed by atoms with van der Waals surface area (Å²) in [5, 5.41) is 6.10. The molecule has 3 aromatic rings. The lowest BCUT2D eigenvalue weighted by Gasteiger charge is -2.36. The first-order valence-electron chi connectivity index (χ1n) is 10.6. The summed E-state index contributed by atoms with van der Waals surface area (Å²) < 4.78 is 5.47. The Morgan fingerprint density at radius 1 is 1.10 bits per heavy atom. The fraction of sp³-hybridized carbons (Fsp3) is 0.333. The number of hydrogen-bond donors (Lipinski definition) is 1. The van der Waals surface area contributed by atoms with Crippen molar-refractivity contribution in [1.29, 1.82) is 0 Å². The zero-order valence-electron chi connectivity index (χ0n) is 18.0. The Morgan fingerprint density at radius 2 is 1.84 bits per heavy atom. The summed E-state index contributed by atoms with van der Waals surface area (Å²) in [4.78, 5) is 21.6. The number of amides is 1. The number of nitrogens with one attached hydrogen (secondary N) is 1. The number of carbonyl (C=O) groups excluding carboxylic acids is 1. The van der Waals surface area contributed by atoms with E-state index in [9.17, 15) is 4.79 Å². The van der Waals surface area contributed by atoms with Gasteiger partial charge in [0, 0.05) is 37.2 Å². The van der Waals surface area contributed by atoms with Crippen molar-refractivity contribution >= 4 is 33.8 Å². The van der Waals surface area contributed by atoms with Crippen molar-refractivity contribution in [2.24, 2.45) is 0 Å². The average Bonchev–Trinajstić information content (AvgIpc) is 3.26. The molecule has 1 aromatic heterocycles. The molecule has 2 aromatic carbocycles. The number of aromatic nitrogens is 1. The van der Waals surface area contributed by atoms with Crippen LogP contribution in [-0.2, 0) is 17.6 Å². The first kappa shape index (κ1) is 21.2. The van der Waals surface area contributed by atoms with Crippen LogP contribution >= 0.6 is 11.3 Å². The molecule has 0 aliphatic carbocycles. The summed E-state index contributed by atoms with van der Waals surface area (Å²) in [7, 11) is 1.69. The van der Waals surface area contributed by atoms with E-state index >= 15 is 0 Å². The van der Waals surface area contributed by atoms with Crippen LogP contribution in [-0.4, -0.2) is 49.1 Å². The van der Waals surface area contributed by atoms with Crippen molar-refractivity contribution < 1.29 is 9.53 Å². The highest BCUT2D eigenvalue weighted by Gasteiger charge is 2.23. The number of nitrogens with zero attached hydrogens (tertiary/aromatic N) is 3. The third-order valence-corrected chi connectivity index (χ3v) is 6.36. The van der Waals surface area contributed by atoms with Crippen molar-refractivity contribution in [1.82, 2.24) is 9.88 Å². The third kappa shape index (κ3) is 5.17. The molecular weight excluding hydrogens is 408 g/mol. The SMILES string of the molecule is CCc1ccc(Nc2nc(CC(=O)N3CCN(c4ccccc4OC)CC3)cs2)cc1. The molecule has 31 heavy (non-hydrogen) atoms. The topological polar surface area (TPSA) is 57.7 Å². The Balaban J connectivity index is 1.30. The molecule has 0 spiro atoms. The van der Waals surface area contributed by atoms with Crippen molar-refractivity contribution in [2.75, 3.05) is 43.5 Å². The molecule has 1 aliphatic heterocycles. The van der Waals surface area contributed by atoms with E-state index in [1.54, 1.807) is 7.11 Å². The highest BCUT2D eigenvalue weighted by Crippen LogP contribution is 2.28. The highest BCUT2D eigenvalue weighted by molar-refractivity contribution is 7.13. The molecule has 162 valence electrons. The van der Waals surface area contributed by atoms with Gasteiger partial charge in [-0.2, -0.15) is 0 Å². The first-order valence-corrected chi connectivity index (χ1v) is 11.5. The Labute approximate surface area is 187 Å². The minimum Gasteiger partial charge on any atom is -0.495 e. The van der Waals surface area contributed by atoms with Crippen LogP contribution in [0.25, 0.3) is 0 Å². The zero-order valence-corrected chi connectivity index (χ0v) is 18.8. The number of benzene rings is 2. The number of carbonyl (C=O) groups is 1. The van der Waals surface area contributed by atoms with Crippen LogP contribution in [0.4, 0.5) is 16.5 Å². The molecule has 0 unspecified atom stereocenters. The zero-order chi connectivity index (χ0) is 21.6. The number of thiazole rings is 1. The molecule has 1 fully saturated rings. The second kappa shape index (κ2) is 9.83. The van der Waals surface area contributed by atoms with Gasteiger partial charge in [-0.05, 0) is 36.2 Å². The van der Waals surface area contributed by atoms with Crippen LogP contribution < -0.4 is 15.0 Å². The van der Waals surface area contributed by atoms with Gasteiger partial charge in [0.1, 0.15) is 5.75 Å². The van der Waals surface area contributed by atoms with Crippen molar-refractivity contribution in [3.63, 3.8) is 0 Å². The maximum atomic E-state index is 12.8. The number of aryl methyl sites for hydroxylation is 1. The van der Waals surface area contributed by atoms with E-state index in [-0.39, 0.29) is 5.91 Å². The standard InChI is InChI=1S/C24H28N4O2S/c1-3-18-8-10-19(11-9-18)25-24-26-20(17-31-24)16-23(29)28-14-12-27(13-15-28)21-6-4-5-7-22(21)30-2/h4-11,17H,3,12-16H2,1-2H3,(H,25,26). The van der Waals surface area contributed by atoms with Crippen molar-refractivity contribution in [3.05, 3.63) is 65.2 Å². The number of ether oxygens (including phenoxy) is 1. The monoisotopic (exact) mass is 436 g/mol. The molecule has 0 radical (unpaired) electrons. The van der Waals surface area contributed by atoms with E-state index in [0.29, 0.717) is 19.5 Å². The van der Waals surface area contributed by atoms with Gasteiger partial charge in [-0.3, -0.25) is 4.79 Å². The largest absolute Gasteiger partial charge is 0.495 e. The van der Waals surface area contributed by atoms with Gasteiger partial charge in [-0.25, -0.2) is 4.98 Å². The molecular formula is C24H28N4O2S. The second-order valence-corrected chi connectivity index (χ2v) is 8.39.